The highest BCUT2D eigenvalue weighted by Gasteiger charge is 2.31. The number of primary sulfonamides is 1. The molecule has 0 fully saturated rings. The molecule has 0 bridgehead atoms. The molecule has 8 heteroatoms. The van der Waals surface area contributed by atoms with Crippen molar-refractivity contribution in [3.05, 3.63) is 29.8 Å². The normalized spacial score (nSPS) is 12.0. The number of rotatable bonds is 1. The molecule has 0 saturated heterocycles. The molecule has 1 aromatic rings. The second kappa shape index (κ2) is 4.38. The molecule has 0 spiro atoms. The van der Waals surface area contributed by atoms with Crippen molar-refractivity contribution < 1.29 is 21.6 Å². The Morgan fingerprint density at radius 2 is 1.73 bits per heavy atom. The average Bonchev–Trinajstić information content (AvgIpc) is 2.01. The fourth-order valence-corrected chi connectivity index (χ4v) is 1.41. The summed E-state index contributed by atoms with van der Waals surface area (Å²) in [5, 5.41) is 4.67. The predicted molar refractivity (Wildman–Crippen MR) is 50.1 cm³/mol. The van der Waals surface area contributed by atoms with Gasteiger partial charge in [-0.3, -0.25) is 0 Å². The lowest BCUT2D eigenvalue weighted by atomic mass is 10.2. The zero-order chi connectivity index (χ0) is 11.0. The third-order valence-electron chi connectivity index (χ3n) is 1.49. The van der Waals surface area contributed by atoms with E-state index in [0.717, 1.165) is 18.2 Å². The number of halogens is 4. The van der Waals surface area contributed by atoms with Gasteiger partial charge in [0.05, 0.1) is 10.5 Å². The average molecular weight is 262 g/mol. The largest absolute Gasteiger partial charge is 0.416 e. The summed E-state index contributed by atoms with van der Waals surface area (Å²) < 4.78 is 57.8. The summed E-state index contributed by atoms with van der Waals surface area (Å²) in [6.45, 7) is 0. The summed E-state index contributed by atoms with van der Waals surface area (Å²) in [4.78, 5) is -0.549. The quantitative estimate of drug-likeness (QED) is 0.838. The van der Waals surface area contributed by atoms with Crippen LogP contribution in [0.15, 0.2) is 29.2 Å². The van der Waals surface area contributed by atoms with Gasteiger partial charge >= 0.3 is 6.18 Å². The van der Waals surface area contributed by atoms with Crippen molar-refractivity contribution >= 4 is 22.4 Å². The molecule has 1 rings (SSSR count). The van der Waals surface area contributed by atoms with Crippen molar-refractivity contribution in [3.8, 4) is 0 Å². The van der Waals surface area contributed by atoms with Crippen LogP contribution in [0.5, 0.6) is 0 Å². The van der Waals surface area contributed by atoms with E-state index in [1.165, 1.54) is 0 Å². The Bertz CT molecular complexity index is 444. The van der Waals surface area contributed by atoms with Crippen LogP contribution in [-0.4, -0.2) is 8.42 Å². The van der Waals surface area contributed by atoms with E-state index in [0.29, 0.717) is 6.07 Å². The van der Waals surface area contributed by atoms with E-state index < -0.39 is 26.7 Å². The van der Waals surface area contributed by atoms with Crippen LogP contribution >= 0.6 is 12.4 Å². The first-order chi connectivity index (χ1) is 6.21. The zero-order valence-corrected chi connectivity index (χ0v) is 8.79. The highest BCUT2D eigenvalue weighted by molar-refractivity contribution is 7.89. The molecule has 0 aromatic heterocycles. The molecule has 0 unspecified atom stereocenters. The molecule has 0 saturated carbocycles. The van der Waals surface area contributed by atoms with Gasteiger partial charge in [0.2, 0.25) is 10.0 Å². The Hall–Kier alpha value is -0.790. The number of hydrogen-bond acceptors (Lipinski definition) is 2. The first-order valence-electron chi connectivity index (χ1n) is 3.41. The molecule has 0 aliphatic heterocycles. The molecular formula is C7H7ClF3NO2S. The Kier molecular flexibility index (Phi) is 4.15. The van der Waals surface area contributed by atoms with Crippen LogP contribution < -0.4 is 5.14 Å². The minimum absolute atomic E-state index is 0. The molecule has 0 aliphatic rings. The summed E-state index contributed by atoms with van der Waals surface area (Å²) in [5.74, 6) is 0. The van der Waals surface area contributed by atoms with E-state index in [4.69, 9.17) is 0 Å². The Labute approximate surface area is 90.5 Å². The molecule has 0 radical (unpaired) electrons. The maximum Gasteiger partial charge on any atom is 0.416 e. The van der Waals surface area contributed by atoms with E-state index in [2.05, 4.69) is 5.14 Å². The molecule has 1 aromatic carbocycles. The molecule has 3 nitrogen and oxygen atoms in total. The van der Waals surface area contributed by atoms with E-state index in [9.17, 15) is 21.6 Å². The van der Waals surface area contributed by atoms with E-state index in [-0.39, 0.29) is 12.4 Å². The van der Waals surface area contributed by atoms with Crippen molar-refractivity contribution in [2.24, 2.45) is 5.14 Å². The third kappa shape index (κ3) is 3.69. The van der Waals surface area contributed by atoms with Gasteiger partial charge in [0, 0.05) is 0 Å². The minimum Gasteiger partial charge on any atom is -0.225 e. The lowest BCUT2D eigenvalue weighted by Gasteiger charge is -2.07. The lowest BCUT2D eigenvalue weighted by molar-refractivity contribution is -0.137. The Morgan fingerprint density at radius 3 is 2.13 bits per heavy atom. The van der Waals surface area contributed by atoms with Crippen LogP contribution in [0.4, 0.5) is 13.2 Å². The van der Waals surface area contributed by atoms with Crippen LogP contribution in [0.3, 0.4) is 0 Å². The molecular weight excluding hydrogens is 255 g/mol. The zero-order valence-electron chi connectivity index (χ0n) is 7.15. The molecule has 2 N–H and O–H groups in total. The number of hydrogen-bond donors (Lipinski definition) is 1. The first-order valence-corrected chi connectivity index (χ1v) is 4.96. The molecule has 0 aliphatic carbocycles. The fourth-order valence-electron chi connectivity index (χ4n) is 0.849. The molecule has 86 valence electrons. The summed E-state index contributed by atoms with van der Waals surface area (Å²) in [5.41, 5.74) is -1.04. The van der Waals surface area contributed by atoms with Gasteiger partial charge in [0.15, 0.2) is 0 Å². The van der Waals surface area contributed by atoms with Crippen molar-refractivity contribution in [1.82, 2.24) is 0 Å². The Balaban J connectivity index is 0.00000196. The van der Waals surface area contributed by atoms with Crippen molar-refractivity contribution in [2.75, 3.05) is 0 Å². The number of alkyl halides is 3. The molecule has 0 atom stereocenters. The summed E-state index contributed by atoms with van der Waals surface area (Å²) >= 11 is 0. The van der Waals surface area contributed by atoms with Gasteiger partial charge in [0.1, 0.15) is 0 Å². The molecule has 0 heterocycles. The van der Waals surface area contributed by atoms with Gasteiger partial charge in [-0.15, -0.1) is 12.4 Å². The topological polar surface area (TPSA) is 60.2 Å². The summed E-state index contributed by atoms with van der Waals surface area (Å²) in [6.07, 6.45) is -4.57. The van der Waals surface area contributed by atoms with Crippen molar-refractivity contribution in [1.29, 1.82) is 0 Å². The first kappa shape index (κ1) is 14.2. The number of benzene rings is 1. The number of sulfonamides is 1. The minimum atomic E-state index is -4.57. The highest BCUT2D eigenvalue weighted by Crippen LogP contribution is 2.30. The van der Waals surface area contributed by atoms with Crippen LogP contribution in [-0.2, 0) is 16.2 Å². The standard InChI is InChI=1S/C7H6F3NO2S.ClH/c8-7(9,10)5-2-1-3-6(4-5)14(11,12)13;/h1-4H,(H2,11,12,13);1H. The second-order valence-electron chi connectivity index (χ2n) is 2.57. The fraction of sp³-hybridized carbons (Fsp3) is 0.143. The summed E-state index contributed by atoms with van der Waals surface area (Å²) in [6, 6.07) is 3.26. The predicted octanol–water partition coefficient (Wildman–Crippen LogP) is 1.77. The maximum absolute atomic E-state index is 12.1. The SMILES string of the molecule is Cl.NS(=O)(=O)c1cccc(C(F)(F)F)c1. The Morgan fingerprint density at radius 1 is 1.20 bits per heavy atom. The van der Waals surface area contributed by atoms with Crippen molar-refractivity contribution in [3.63, 3.8) is 0 Å². The van der Waals surface area contributed by atoms with Gasteiger partial charge in [-0.05, 0) is 18.2 Å². The molecule has 0 amide bonds. The smallest absolute Gasteiger partial charge is 0.225 e. The van der Waals surface area contributed by atoms with Crippen LogP contribution in [0.25, 0.3) is 0 Å². The van der Waals surface area contributed by atoms with Gasteiger partial charge in [-0.2, -0.15) is 13.2 Å². The second-order valence-corrected chi connectivity index (χ2v) is 4.13. The number of nitrogens with two attached hydrogens (primary N) is 1. The highest BCUT2D eigenvalue weighted by atomic mass is 35.5. The van der Waals surface area contributed by atoms with Crippen LogP contribution in [0.1, 0.15) is 5.56 Å². The van der Waals surface area contributed by atoms with Gasteiger partial charge < -0.3 is 0 Å². The summed E-state index contributed by atoms with van der Waals surface area (Å²) in [7, 11) is -4.09. The van der Waals surface area contributed by atoms with E-state index in [1.807, 2.05) is 0 Å². The monoisotopic (exact) mass is 261 g/mol. The molecule has 15 heavy (non-hydrogen) atoms. The van der Waals surface area contributed by atoms with E-state index in [1.54, 1.807) is 0 Å². The van der Waals surface area contributed by atoms with Crippen LogP contribution in [0, 0.1) is 0 Å². The van der Waals surface area contributed by atoms with Gasteiger partial charge in [0.25, 0.3) is 0 Å². The lowest BCUT2D eigenvalue weighted by Crippen LogP contribution is -2.14. The maximum atomic E-state index is 12.1. The third-order valence-corrected chi connectivity index (χ3v) is 2.40. The van der Waals surface area contributed by atoms with Crippen LogP contribution in [0.2, 0.25) is 0 Å². The van der Waals surface area contributed by atoms with E-state index >= 15 is 0 Å². The van der Waals surface area contributed by atoms with Gasteiger partial charge in [-0.1, -0.05) is 6.07 Å². The van der Waals surface area contributed by atoms with Gasteiger partial charge in [-0.25, -0.2) is 13.6 Å². The van der Waals surface area contributed by atoms with Crippen molar-refractivity contribution in [2.45, 2.75) is 11.1 Å².